The minimum absolute atomic E-state index is 0.0678. The number of nitrogens with one attached hydrogen (secondary N) is 2. The van der Waals surface area contributed by atoms with Crippen LogP contribution in [-0.4, -0.2) is 30.5 Å². The molecular weight excluding hydrogens is 326 g/mol. The molecule has 0 aliphatic carbocycles. The molecule has 25 heavy (non-hydrogen) atoms. The van der Waals surface area contributed by atoms with Gasteiger partial charge in [0.2, 0.25) is 5.91 Å². The summed E-state index contributed by atoms with van der Waals surface area (Å²) in [5, 5.41) is 16.4. The van der Waals surface area contributed by atoms with Gasteiger partial charge in [0, 0.05) is 11.8 Å². The first kappa shape index (κ1) is 17.9. The number of carbonyl (C=O) groups excluding carboxylic acids is 2. The van der Waals surface area contributed by atoms with Crippen LogP contribution in [0.25, 0.3) is 0 Å². The second kappa shape index (κ2) is 7.91. The Bertz CT molecular complexity index is 820. The maximum Gasteiger partial charge on any atom is 0.339 e. The molecule has 0 unspecified atom stereocenters. The van der Waals surface area contributed by atoms with Crippen LogP contribution in [0.4, 0.5) is 17.1 Å². The molecule has 0 saturated heterocycles. The number of nitro benzene ring substituents is 1. The van der Waals surface area contributed by atoms with Crippen molar-refractivity contribution in [3.05, 3.63) is 63.7 Å². The molecule has 0 radical (unpaired) electrons. The van der Waals surface area contributed by atoms with Gasteiger partial charge < -0.3 is 15.4 Å². The molecule has 2 aromatic rings. The Morgan fingerprint density at radius 2 is 1.80 bits per heavy atom. The van der Waals surface area contributed by atoms with Crippen molar-refractivity contribution in [1.29, 1.82) is 0 Å². The van der Waals surface area contributed by atoms with Gasteiger partial charge in [-0.1, -0.05) is 18.2 Å². The Morgan fingerprint density at radius 3 is 2.48 bits per heavy atom. The van der Waals surface area contributed by atoms with E-state index in [9.17, 15) is 19.7 Å². The predicted molar refractivity (Wildman–Crippen MR) is 92.7 cm³/mol. The minimum Gasteiger partial charge on any atom is -0.465 e. The number of anilines is 2. The van der Waals surface area contributed by atoms with Crippen molar-refractivity contribution in [2.75, 3.05) is 24.3 Å². The number of carbonyl (C=O) groups is 2. The summed E-state index contributed by atoms with van der Waals surface area (Å²) in [6.45, 7) is 1.45. The molecule has 0 aliphatic heterocycles. The van der Waals surface area contributed by atoms with Gasteiger partial charge in [0.05, 0.1) is 35.4 Å². The van der Waals surface area contributed by atoms with Gasteiger partial charge in [-0.25, -0.2) is 4.79 Å². The molecule has 8 nitrogen and oxygen atoms in total. The molecule has 0 bridgehead atoms. The molecule has 2 N–H and O–H groups in total. The van der Waals surface area contributed by atoms with E-state index in [2.05, 4.69) is 15.4 Å². The van der Waals surface area contributed by atoms with Crippen molar-refractivity contribution in [3.63, 3.8) is 0 Å². The van der Waals surface area contributed by atoms with Gasteiger partial charge in [-0.05, 0) is 25.1 Å². The van der Waals surface area contributed by atoms with E-state index in [1.165, 1.54) is 19.2 Å². The van der Waals surface area contributed by atoms with Gasteiger partial charge in [-0.3, -0.25) is 14.9 Å². The third-order valence-electron chi connectivity index (χ3n) is 3.55. The Hall–Kier alpha value is -3.42. The number of para-hydroxylation sites is 1. The summed E-state index contributed by atoms with van der Waals surface area (Å²) < 4.78 is 4.69. The highest BCUT2D eigenvalue weighted by atomic mass is 16.6. The zero-order valence-corrected chi connectivity index (χ0v) is 13.7. The summed E-state index contributed by atoms with van der Waals surface area (Å²) in [7, 11) is 1.27. The number of nitro groups is 1. The van der Waals surface area contributed by atoms with E-state index in [1.807, 2.05) is 0 Å². The quantitative estimate of drug-likeness (QED) is 0.474. The van der Waals surface area contributed by atoms with Crippen LogP contribution < -0.4 is 10.6 Å². The molecule has 130 valence electrons. The third-order valence-corrected chi connectivity index (χ3v) is 3.55. The van der Waals surface area contributed by atoms with Gasteiger partial charge in [0.25, 0.3) is 5.69 Å². The smallest absolute Gasteiger partial charge is 0.339 e. The van der Waals surface area contributed by atoms with Crippen LogP contribution in [-0.2, 0) is 9.53 Å². The Balaban J connectivity index is 2.07. The van der Waals surface area contributed by atoms with Crippen LogP contribution >= 0.6 is 0 Å². The number of hydrogen-bond acceptors (Lipinski definition) is 6. The minimum atomic E-state index is -0.516. The summed E-state index contributed by atoms with van der Waals surface area (Å²) in [5.41, 5.74) is 1.43. The fourth-order valence-corrected chi connectivity index (χ4v) is 2.25. The van der Waals surface area contributed by atoms with Gasteiger partial charge in [0.15, 0.2) is 0 Å². The number of rotatable bonds is 6. The molecule has 0 fully saturated rings. The molecule has 0 aromatic heterocycles. The molecule has 0 atom stereocenters. The number of esters is 1. The van der Waals surface area contributed by atoms with Crippen molar-refractivity contribution in [2.45, 2.75) is 6.92 Å². The summed E-state index contributed by atoms with van der Waals surface area (Å²) in [6, 6.07) is 11.1. The highest BCUT2D eigenvalue weighted by Gasteiger charge is 2.15. The lowest BCUT2D eigenvalue weighted by Gasteiger charge is -2.12. The molecule has 2 aromatic carbocycles. The van der Waals surface area contributed by atoms with Crippen LogP contribution in [0.15, 0.2) is 42.5 Å². The van der Waals surface area contributed by atoms with Crippen LogP contribution in [0.3, 0.4) is 0 Å². The summed E-state index contributed by atoms with van der Waals surface area (Å²) >= 11 is 0. The zero-order chi connectivity index (χ0) is 18.4. The van der Waals surface area contributed by atoms with Crippen molar-refractivity contribution >= 4 is 28.9 Å². The van der Waals surface area contributed by atoms with Crippen molar-refractivity contribution in [3.8, 4) is 0 Å². The first-order valence-electron chi connectivity index (χ1n) is 7.39. The van der Waals surface area contributed by atoms with E-state index in [0.717, 1.165) is 0 Å². The monoisotopic (exact) mass is 343 g/mol. The normalized spacial score (nSPS) is 10.0. The molecule has 0 saturated carbocycles. The standard InChI is InChI=1S/C17H17N3O5/c1-11-13(8-5-9-15(11)20(23)24)19-16(21)10-18-14-7-4-3-6-12(14)17(22)25-2/h3-9,18H,10H2,1-2H3,(H,19,21). The zero-order valence-electron chi connectivity index (χ0n) is 13.7. The summed E-state index contributed by atoms with van der Waals surface area (Å²) in [4.78, 5) is 34.2. The Labute approximate surface area is 144 Å². The maximum absolute atomic E-state index is 12.1. The van der Waals surface area contributed by atoms with E-state index < -0.39 is 16.8 Å². The first-order chi connectivity index (χ1) is 11.9. The lowest BCUT2D eigenvalue weighted by molar-refractivity contribution is -0.385. The van der Waals surface area contributed by atoms with Crippen LogP contribution in [0.1, 0.15) is 15.9 Å². The Kier molecular flexibility index (Phi) is 5.67. The molecular formula is C17H17N3O5. The SMILES string of the molecule is COC(=O)c1ccccc1NCC(=O)Nc1cccc([N+](=O)[O-])c1C. The number of nitrogens with zero attached hydrogens (tertiary/aromatic N) is 1. The van der Waals surface area contributed by atoms with E-state index in [-0.39, 0.29) is 12.2 Å². The van der Waals surface area contributed by atoms with Gasteiger partial charge in [-0.2, -0.15) is 0 Å². The lowest BCUT2D eigenvalue weighted by Crippen LogP contribution is -2.23. The largest absolute Gasteiger partial charge is 0.465 e. The number of ether oxygens (including phenoxy) is 1. The highest BCUT2D eigenvalue weighted by Crippen LogP contribution is 2.25. The van der Waals surface area contributed by atoms with Crippen LogP contribution in [0.2, 0.25) is 0 Å². The van der Waals surface area contributed by atoms with E-state index in [0.29, 0.717) is 22.5 Å². The maximum atomic E-state index is 12.1. The Morgan fingerprint density at radius 1 is 1.12 bits per heavy atom. The highest BCUT2D eigenvalue weighted by molar-refractivity contribution is 5.98. The van der Waals surface area contributed by atoms with E-state index in [1.54, 1.807) is 37.3 Å². The van der Waals surface area contributed by atoms with Crippen molar-refractivity contribution in [2.24, 2.45) is 0 Å². The number of hydrogen-bond donors (Lipinski definition) is 2. The third kappa shape index (κ3) is 4.31. The average molecular weight is 343 g/mol. The second-order valence-electron chi connectivity index (χ2n) is 5.15. The summed E-state index contributed by atoms with van der Waals surface area (Å²) in [6.07, 6.45) is 0. The number of benzene rings is 2. The van der Waals surface area contributed by atoms with E-state index >= 15 is 0 Å². The van der Waals surface area contributed by atoms with Crippen molar-refractivity contribution in [1.82, 2.24) is 0 Å². The molecule has 1 amide bonds. The molecule has 0 aliphatic rings. The number of methoxy groups -OCH3 is 1. The summed E-state index contributed by atoms with van der Waals surface area (Å²) in [5.74, 6) is -0.915. The fourth-order valence-electron chi connectivity index (χ4n) is 2.25. The fraction of sp³-hybridized carbons (Fsp3) is 0.176. The van der Waals surface area contributed by atoms with Crippen LogP contribution in [0, 0.1) is 17.0 Å². The van der Waals surface area contributed by atoms with Gasteiger partial charge >= 0.3 is 5.97 Å². The average Bonchev–Trinajstić information content (AvgIpc) is 2.61. The second-order valence-corrected chi connectivity index (χ2v) is 5.15. The molecule has 2 rings (SSSR count). The predicted octanol–water partition coefficient (Wildman–Crippen LogP) is 2.74. The number of amides is 1. The lowest BCUT2D eigenvalue weighted by atomic mass is 10.1. The molecule has 0 spiro atoms. The first-order valence-corrected chi connectivity index (χ1v) is 7.39. The van der Waals surface area contributed by atoms with Crippen LogP contribution in [0.5, 0.6) is 0 Å². The molecule has 0 heterocycles. The molecule has 8 heteroatoms. The van der Waals surface area contributed by atoms with E-state index in [4.69, 9.17) is 0 Å². The van der Waals surface area contributed by atoms with Gasteiger partial charge in [0.1, 0.15) is 0 Å². The van der Waals surface area contributed by atoms with Gasteiger partial charge in [-0.15, -0.1) is 0 Å². The topological polar surface area (TPSA) is 111 Å². The van der Waals surface area contributed by atoms with Crippen molar-refractivity contribution < 1.29 is 19.2 Å².